The number of rotatable bonds is 9. The fourth-order valence-corrected chi connectivity index (χ4v) is 2.41. The minimum absolute atomic E-state index is 0.0597. The predicted octanol–water partition coefficient (Wildman–Crippen LogP) is 0.196. The molecule has 96 valence electrons. The third kappa shape index (κ3) is 8.63. The molecule has 16 heavy (non-hydrogen) atoms. The van der Waals surface area contributed by atoms with Crippen LogP contribution in [0.1, 0.15) is 26.2 Å². The normalized spacial score (nSPS) is 13.6. The van der Waals surface area contributed by atoms with Gasteiger partial charge in [-0.1, -0.05) is 0 Å². The fourth-order valence-electron chi connectivity index (χ4n) is 1.18. The van der Waals surface area contributed by atoms with Gasteiger partial charge >= 0.3 is 5.97 Å². The van der Waals surface area contributed by atoms with Crippen molar-refractivity contribution in [2.45, 2.75) is 32.2 Å². The van der Waals surface area contributed by atoms with Crippen LogP contribution in [0.25, 0.3) is 0 Å². The van der Waals surface area contributed by atoms with E-state index in [2.05, 4.69) is 9.46 Å². The molecule has 0 aliphatic heterocycles. The van der Waals surface area contributed by atoms with Crippen LogP contribution in [-0.2, 0) is 19.6 Å². The Morgan fingerprint density at radius 2 is 2.12 bits per heavy atom. The van der Waals surface area contributed by atoms with E-state index < -0.39 is 16.0 Å². The summed E-state index contributed by atoms with van der Waals surface area (Å²) >= 11 is 0. The predicted molar refractivity (Wildman–Crippen MR) is 59.7 cm³/mol. The fraction of sp³-hybridized carbons (Fsp3) is 0.889. The van der Waals surface area contributed by atoms with Crippen molar-refractivity contribution in [3.05, 3.63) is 0 Å². The molecule has 0 bridgehead atoms. The van der Waals surface area contributed by atoms with E-state index in [4.69, 9.17) is 5.11 Å². The maximum Gasteiger partial charge on any atom is 0.303 e. The highest BCUT2D eigenvalue weighted by molar-refractivity contribution is 7.89. The van der Waals surface area contributed by atoms with E-state index in [1.165, 1.54) is 7.11 Å². The van der Waals surface area contributed by atoms with Gasteiger partial charge in [0.2, 0.25) is 10.0 Å². The highest BCUT2D eigenvalue weighted by atomic mass is 32.2. The molecule has 6 nitrogen and oxygen atoms in total. The lowest BCUT2D eigenvalue weighted by Crippen LogP contribution is -2.35. The van der Waals surface area contributed by atoms with Crippen molar-refractivity contribution in [1.82, 2.24) is 4.72 Å². The Labute approximate surface area is 96.0 Å². The number of ether oxygens (including phenoxy) is 1. The molecule has 0 saturated carbocycles. The maximum atomic E-state index is 11.4. The summed E-state index contributed by atoms with van der Waals surface area (Å²) in [6.45, 7) is 1.86. The quantitative estimate of drug-likeness (QED) is 0.612. The summed E-state index contributed by atoms with van der Waals surface area (Å²) in [5, 5.41) is 8.42. The molecule has 0 aromatic rings. The molecule has 0 aliphatic carbocycles. The molecule has 0 rings (SSSR count). The molecule has 1 unspecified atom stereocenters. The molecule has 0 aromatic heterocycles. The lowest BCUT2D eigenvalue weighted by Gasteiger charge is -2.13. The summed E-state index contributed by atoms with van der Waals surface area (Å²) in [4.78, 5) is 10.3. The average Bonchev–Trinajstić information content (AvgIpc) is 2.13. The molecular formula is C9H19NO5S. The minimum Gasteiger partial charge on any atom is -0.481 e. The van der Waals surface area contributed by atoms with Gasteiger partial charge in [0.05, 0.1) is 12.4 Å². The Hall–Kier alpha value is -0.660. The zero-order chi connectivity index (χ0) is 12.6. The van der Waals surface area contributed by atoms with Gasteiger partial charge in [-0.25, -0.2) is 13.1 Å². The van der Waals surface area contributed by atoms with Crippen LogP contribution in [0, 0.1) is 0 Å². The van der Waals surface area contributed by atoms with E-state index >= 15 is 0 Å². The van der Waals surface area contributed by atoms with Crippen LogP contribution >= 0.6 is 0 Å². The average molecular weight is 253 g/mol. The molecule has 0 heterocycles. The Morgan fingerprint density at radius 1 is 1.50 bits per heavy atom. The maximum absolute atomic E-state index is 11.4. The van der Waals surface area contributed by atoms with E-state index in [-0.39, 0.29) is 24.8 Å². The van der Waals surface area contributed by atoms with Gasteiger partial charge in [-0.2, -0.15) is 0 Å². The lowest BCUT2D eigenvalue weighted by atomic mass is 10.1. The molecule has 0 radical (unpaired) electrons. The second-order valence-corrected chi connectivity index (χ2v) is 5.49. The van der Waals surface area contributed by atoms with Crippen LogP contribution in [0.5, 0.6) is 0 Å². The van der Waals surface area contributed by atoms with E-state index in [1.807, 2.05) is 0 Å². The molecule has 2 N–H and O–H groups in total. The summed E-state index contributed by atoms with van der Waals surface area (Å²) in [5.74, 6) is -0.943. The van der Waals surface area contributed by atoms with Gasteiger partial charge in [0.15, 0.2) is 0 Å². The van der Waals surface area contributed by atoms with Crippen LogP contribution in [0.3, 0.4) is 0 Å². The number of carbonyl (C=O) groups is 1. The van der Waals surface area contributed by atoms with Crippen molar-refractivity contribution in [3.8, 4) is 0 Å². The zero-order valence-electron chi connectivity index (χ0n) is 9.60. The van der Waals surface area contributed by atoms with Crippen LogP contribution < -0.4 is 4.72 Å². The largest absolute Gasteiger partial charge is 0.481 e. The van der Waals surface area contributed by atoms with Crippen molar-refractivity contribution in [1.29, 1.82) is 0 Å². The molecule has 0 aromatic carbocycles. The molecule has 7 heteroatoms. The summed E-state index contributed by atoms with van der Waals surface area (Å²) in [7, 11) is -1.88. The first-order valence-electron chi connectivity index (χ1n) is 5.08. The standard InChI is InChI=1S/C9H19NO5S/c1-8(4-3-5-9(11)12)10-16(13,14)7-6-15-2/h8,10H,3-7H2,1-2H3,(H,11,12). The van der Waals surface area contributed by atoms with Gasteiger partial charge in [0.1, 0.15) is 0 Å². The number of methoxy groups -OCH3 is 1. The number of hydrogen-bond donors (Lipinski definition) is 2. The van der Waals surface area contributed by atoms with E-state index in [0.29, 0.717) is 12.8 Å². The van der Waals surface area contributed by atoms with Gasteiger partial charge in [-0.15, -0.1) is 0 Å². The molecule has 0 aliphatic rings. The molecule has 0 spiro atoms. The minimum atomic E-state index is -3.32. The van der Waals surface area contributed by atoms with E-state index in [9.17, 15) is 13.2 Å². The van der Waals surface area contributed by atoms with E-state index in [0.717, 1.165) is 0 Å². The Balaban J connectivity index is 3.85. The number of aliphatic carboxylic acids is 1. The first kappa shape index (κ1) is 15.3. The van der Waals surface area contributed by atoms with Crippen LogP contribution in [0.4, 0.5) is 0 Å². The van der Waals surface area contributed by atoms with Crippen molar-refractivity contribution in [3.63, 3.8) is 0 Å². The molecule has 0 amide bonds. The smallest absolute Gasteiger partial charge is 0.303 e. The monoisotopic (exact) mass is 253 g/mol. The van der Waals surface area contributed by atoms with Crippen LogP contribution in [0.2, 0.25) is 0 Å². The third-order valence-corrected chi connectivity index (χ3v) is 3.43. The van der Waals surface area contributed by atoms with Crippen molar-refractivity contribution in [2.24, 2.45) is 0 Å². The van der Waals surface area contributed by atoms with Gasteiger partial charge in [0, 0.05) is 19.6 Å². The Kier molecular flexibility index (Phi) is 7.27. The second-order valence-electron chi connectivity index (χ2n) is 3.62. The summed E-state index contributed by atoms with van der Waals surface area (Å²) in [5.41, 5.74) is 0. The Morgan fingerprint density at radius 3 is 2.62 bits per heavy atom. The highest BCUT2D eigenvalue weighted by Gasteiger charge is 2.14. The summed E-state index contributed by atoms with van der Waals surface area (Å²) < 4.78 is 29.9. The lowest BCUT2D eigenvalue weighted by molar-refractivity contribution is -0.137. The van der Waals surface area contributed by atoms with Gasteiger partial charge in [-0.05, 0) is 19.8 Å². The molecule has 0 saturated heterocycles. The number of carboxylic acid groups (broad SMARTS) is 1. The van der Waals surface area contributed by atoms with Crippen molar-refractivity contribution < 1.29 is 23.1 Å². The summed E-state index contributed by atoms with van der Waals surface area (Å²) in [6, 6.07) is -0.249. The number of sulfonamides is 1. The van der Waals surface area contributed by atoms with Gasteiger partial charge < -0.3 is 9.84 Å². The third-order valence-electron chi connectivity index (χ3n) is 1.96. The SMILES string of the molecule is COCCS(=O)(=O)NC(C)CCCC(=O)O. The summed E-state index contributed by atoms with van der Waals surface area (Å²) in [6.07, 6.45) is 1.03. The van der Waals surface area contributed by atoms with Crippen LogP contribution in [0.15, 0.2) is 0 Å². The number of hydrogen-bond acceptors (Lipinski definition) is 4. The number of nitrogens with one attached hydrogen (secondary N) is 1. The molecule has 1 atom stereocenters. The highest BCUT2D eigenvalue weighted by Crippen LogP contribution is 2.02. The molecule has 0 fully saturated rings. The Bertz CT molecular complexity index is 301. The first-order valence-corrected chi connectivity index (χ1v) is 6.73. The van der Waals surface area contributed by atoms with Crippen molar-refractivity contribution >= 4 is 16.0 Å². The van der Waals surface area contributed by atoms with Crippen LogP contribution in [-0.4, -0.2) is 45.0 Å². The first-order chi connectivity index (χ1) is 7.37. The zero-order valence-corrected chi connectivity index (χ0v) is 10.4. The van der Waals surface area contributed by atoms with E-state index in [1.54, 1.807) is 6.92 Å². The van der Waals surface area contributed by atoms with Gasteiger partial charge in [0.25, 0.3) is 0 Å². The number of carboxylic acids is 1. The van der Waals surface area contributed by atoms with Crippen molar-refractivity contribution in [2.75, 3.05) is 19.5 Å². The van der Waals surface area contributed by atoms with Gasteiger partial charge in [-0.3, -0.25) is 4.79 Å². The molecular weight excluding hydrogens is 234 g/mol. The topological polar surface area (TPSA) is 92.7 Å². The second kappa shape index (κ2) is 7.59.